The topological polar surface area (TPSA) is 49.4 Å². The van der Waals surface area contributed by atoms with Gasteiger partial charge in [0.15, 0.2) is 0 Å². The molecule has 2 atom stereocenters. The van der Waals surface area contributed by atoms with Gasteiger partial charge < -0.3 is 10.2 Å². The lowest BCUT2D eigenvalue weighted by atomic mass is 10.0. The normalized spacial score (nSPS) is 23.0. The summed E-state index contributed by atoms with van der Waals surface area (Å²) < 4.78 is 0. The number of rotatable bonds is 4. The van der Waals surface area contributed by atoms with Crippen molar-refractivity contribution in [1.29, 1.82) is 0 Å². The van der Waals surface area contributed by atoms with Crippen LogP contribution in [0.3, 0.4) is 0 Å². The fourth-order valence-corrected chi connectivity index (χ4v) is 1.83. The molecular weight excluding hydrogens is 192 g/mol. The summed E-state index contributed by atoms with van der Waals surface area (Å²) in [5.74, 6) is 0.0475. The van der Waals surface area contributed by atoms with Crippen LogP contribution in [0, 0.1) is 5.92 Å². The Hall–Kier alpha value is -1.06. The molecule has 1 aliphatic rings. The third-order valence-electron chi connectivity index (χ3n) is 2.91. The van der Waals surface area contributed by atoms with Crippen LogP contribution in [0.4, 0.5) is 0 Å². The van der Waals surface area contributed by atoms with Crippen LogP contribution in [0.2, 0.25) is 0 Å². The van der Waals surface area contributed by atoms with Crippen molar-refractivity contribution < 1.29 is 9.59 Å². The average molecular weight is 212 g/mol. The molecule has 15 heavy (non-hydrogen) atoms. The van der Waals surface area contributed by atoms with Gasteiger partial charge in [-0.2, -0.15) is 0 Å². The molecule has 2 amide bonds. The van der Waals surface area contributed by atoms with E-state index < -0.39 is 0 Å². The first kappa shape index (κ1) is 12.0. The summed E-state index contributed by atoms with van der Waals surface area (Å²) in [6.45, 7) is 4.70. The van der Waals surface area contributed by atoms with E-state index in [1.807, 2.05) is 6.92 Å². The van der Waals surface area contributed by atoms with Crippen molar-refractivity contribution in [2.24, 2.45) is 5.92 Å². The van der Waals surface area contributed by atoms with Gasteiger partial charge in [-0.3, -0.25) is 9.59 Å². The third kappa shape index (κ3) is 2.94. The molecule has 1 N–H and O–H groups in total. The van der Waals surface area contributed by atoms with Crippen LogP contribution in [0.15, 0.2) is 0 Å². The van der Waals surface area contributed by atoms with Crippen LogP contribution in [0.5, 0.6) is 0 Å². The minimum atomic E-state index is -0.290. The minimum Gasteiger partial charge on any atom is -0.344 e. The summed E-state index contributed by atoms with van der Waals surface area (Å²) in [6, 6.07) is -0.290. The lowest BCUT2D eigenvalue weighted by Gasteiger charge is -2.15. The van der Waals surface area contributed by atoms with E-state index in [0.717, 1.165) is 25.8 Å². The number of hydrogen-bond acceptors (Lipinski definition) is 2. The Morgan fingerprint density at radius 2 is 2.33 bits per heavy atom. The minimum absolute atomic E-state index is 0.00509. The molecule has 0 aromatic heterocycles. The molecule has 1 fully saturated rings. The van der Waals surface area contributed by atoms with Gasteiger partial charge in [-0.1, -0.05) is 20.3 Å². The molecule has 1 rings (SSSR count). The van der Waals surface area contributed by atoms with E-state index >= 15 is 0 Å². The van der Waals surface area contributed by atoms with Gasteiger partial charge in [-0.25, -0.2) is 0 Å². The molecule has 2 unspecified atom stereocenters. The van der Waals surface area contributed by atoms with Crippen molar-refractivity contribution in [3.05, 3.63) is 0 Å². The highest BCUT2D eigenvalue weighted by atomic mass is 16.2. The second-order valence-electron chi connectivity index (χ2n) is 4.30. The molecule has 1 aliphatic heterocycles. The van der Waals surface area contributed by atoms with Gasteiger partial charge in [0.25, 0.3) is 0 Å². The molecule has 0 aromatic rings. The smallest absolute Gasteiger partial charge is 0.244 e. The van der Waals surface area contributed by atoms with Crippen LogP contribution >= 0.6 is 0 Å². The lowest BCUT2D eigenvalue weighted by Crippen LogP contribution is -2.42. The molecule has 0 saturated carbocycles. The second-order valence-corrected chi connectivity index (χ2v) is 4.30. The fraction of sp³-hybridized carbons (Fsp3) is 0.818. The van der Waals surface area contributed by atoms with Crippen molar-refractivity contribution in [1.82, 2.24) is 10.2 Å². The van der Waals surface area contributed by atoms with Gasteiger partial charge in [0.2, 0.25) is 11.8 Å². The third-order valence-corrected chi connectivity index (χ3v) is 2.91. The van der Waals surface area contributed by atoms with E-state index in [0.29, 0.717) is 0 Å². The van der Waals surface area contributed by atoms with Crippen LogP contribution < -0.4 is 5.32 Å². The van der Waals surface area contributed by atoms with Crippen molar-refractivity contribution in [3.8, 4) is 0 Å². The Bertz CT molecular complexity index is 253. The first-order valence-electron chi connectivity index (χ1n) is 5.61. The highest BCUT2D eigenvalue weighted by Gasteiger charge is 2.30. The van der Waals surface area contributed by atoms with E-state index in [1.54, 1.807) is 11.9 Å². The number of carbonyl (C=O) groups is 2. The first-order chi connectivity index (χ1) is 7.06. The summed E-state index contributed by atoms with van der Waals surface area (Å²) in [6.07, 6.45) is 2.61. The number of likely N-dealkylation sites (tertiary alicyclic amines) is 1. The molecule has 0 aliphatic carbocycles. The van der Waals surface area contributed by atoms with E-state index in [-0.39, 0.29) is 23.8 Å². The Labute approximate surface area is 91.0 Å². The van der Waals surface area contributed by atoms with Crippen molar-refractivity contribution in [2.45, 2.75) is 39.2 Å². The summed E-state index contributed by atoms with van der Waals surface area (Å²) in [7, 11) is 1.77. The molecule has 4 heteroatoms. The molecule has 4 nitrogen and oxygen atoms in total. The number of hydrogen-bond donors (Lipinski definition) is 1. The zero-order chi connectivity index (χ0) is 11.4. The summed E-state index contributed by atoms with van der Waals surface area (Å²) in [5.41, 5.74) is 0. The molecule has 0 radical (unpaired) electrons. The first-order valence-corrected chi connectivity index (χ1v) is 5.61. The van der Waals surface area contributed by atoms with Gasteiger partial charge in [0.1, 0.15) is 6.04 Å². The summed E-state index contributed by atoms with van der Waals surface area (Å²) in [4.78, 5) is 24.9. The summed E-state index contributed by atoms with van der Waals surface area (Å²) >= 11 is 0. The average Bonchev–Trinajstić information content (AvgIpc) is 2.50. The van der Waals surface area contributed by atoms with Crippen molar-refractivity contribution in [2.75, 3.05) is 13.6 Å². The highest BCUT2D eigenvalue weighted by Crippen LogP contribution is 2.11. The zero-order valence-corrected chi connectivity index (χ0v) is 9.75. The highest BCUT2D eigenvalue weighted by molar-refractivity contribution is 5.89. The molecular formula is C11H20N2O2. The maximum absolute atomic E-state index is 11.7. The number of amides is 2. The van der Waals surface area contributed by atoms with Crippen LogP contribution in [-0.4, -0.2) is 36.3 Å². The quantitative estimate of drug-likeness (QED) is 0.748. The summed E-state index contributed by atoms with van der Waals surface area (Å²) in [5, 5.41) is 2.81. The monoisotopic (exact) mass is 212 g/mol. The predicted octanol–water partition coefficient (Wildman–Crippen LogP) is 0.769. The van der Waals surface area contributed by atoms with E-state index in [9.17, 15) is 9.59 Å². The maximum atomic E-state index is 11.7. The maximum Gasteiger partial charge on any atom is 0.244 e. The van der Waals surface area contributed by atoms with Crippen LogP contribution in [0.1, 0.15) is 33.1 Å². The molecule has 0 bridgehead atoms. The largest absolute Gasteiger partial charge is 0.344 e. The number of nitrogens with one attached hydrogen (secondary N) is 1. The number of carbonyl (C=O) groups excluding carboxylic acids is 2. The van der Waals surface area contributed by atoms with Gasteiger partial charge in [-0.15, -0.1) is 0 Å². The Morgan fingerprint density at radius 3 is 2.80 bits per heavy atom. The van der Waals surface area contributed by atoms with E-state index in [1.165, 1.54) is 0 Å². The molecule has 1 heterocycles. The van der Waals surface area contributed by atoms with Gasteiger partial charge in [-0.05, 0) is 12.8 Å². The Kier molecular flexibility index (Phi) is 4.12. The zero-order valence-electron chi connectivity index (χ0n) is 9.75. The standard InChI is InChI=1S/C11H20N2O2/c1-4-5-8(2)10(14)12-9-6-7-13(3)11(9)15/h8-9H,4-7H2,1-3H3,(H,12,14). The Balaban J connectivity index is 2.42. The Morgan fingerprint density at radius 1 is 1.67 bits per heavy atom. The van der Waals surface area contributed by atoms with Crippen molar-refractivity contribution in [3.63, 3.8) is 0 Å². The van der Waals surface area contributed by atoms with E-state index in [2.05, 4.69) is 12.2 Å². The SMILES string of the molecule is CCCC(C)C(=O)NC1CCN(C)C1=O. The molecule has 1 saturated heterocycles. The van der Waals surface area contributed by atoms with Crippen molar-refractivity contribution >= 4 is 11.8 Å². The number of likely N-dealkylation sites (N-methyl/N-ethyl adjacent to an activating group) is 1. The van der Waals surface area contributed by atoms with Crippen LogP contribution in [0.25, 0.3) is 0 Å². The van der Waals surface area contributed by atoms with Gasteiger partial charge in [0.05, 0.1) is 0 Å². The predicted molar refractivity (Wildman–Crippen MR) is 58.3 cm³/mol. The lowest BCUT2D eigenvalue weighted by molar-refractivity contribution is -0.133. The van der Waals surface area contributed by atoms with Gasteiger partial charge >= 0.3 is 0 Å². The number of nitrogens with zero attached hydrogens (tertiary/aromatic N) is 1. The van der Waals surface area contributed by atoms with E-state index in [4.69, 9.17) is 0 Å². The van der Waals surface area contributed by atoms with Crippen LogP contribution in [-0.2, 0) is 9.59 Å². The molecule has 86 valence electrons. The molecule has 0 spiro atoms. The fourth-order valence-electron chi connectivity index (χ4n) is 1.83. The molecule has 0 aromatic carbocycles. The van der Waals surface area contributed by atoms with Gasteiger partial charge in [0, 0.05) is 19.5 Å². The second kappa shape index (κ2) is 5.14.